The fourth-order valence-electron chi connectivity index (χ4n) is 3.14. The Morgan fingerprint density at radius 3 is 2.48 bits per heavy atom. The number of methoxy groups -OCH3 is 1. The summed E-state index contributed by atoms with van der Waals surface area (Å²) in [5.41, 5.74) is 2.24. The standard InChI is InChI=1S/C17H26N2O2/c1-13-8-14(2)11-19(10-13)17(20)18-9-15-6-4-5-7-16(15)12-21-3/h4-7,13-14H,8-12H2,1-3H3,(H,18,20). The van der Waals surface area contributed by atoms with Gasteiger partial charge in [-0.05, 0) is 29.4 Å². The van der Waals surface area contributed by atoms with E-state index >= 15 is 0 Å². The van der Waals surface area contributed by atoms with Crippen molar-refractivity contribution in [3.63, 3.8) is 0 Å². The molecule has 4 heteroatoms. The summed E-state index contributed by atoms with van der Waals surface area (Å²) in [6, 6.07) is 8.10. The number of nitrogens with one attached hydrogen (secondary N) is 1. The Morgan fingerprint density at radius 2 is 1.86 bits per heavy atom. The van der Waals surface area contributed by atoms with E-state index in [2.05, 4.69) is 19.2 Å². The van der Waals surface area contributed by atoms with Gasteiger partial charge in [-0.2, -0.15) is 0 Å². The van der Waals surface area contributed by atoms with Crippen LogP contribution in [0.25, 0.3) is 0 Å². The van der Waals surface area contributed by atoms with Gasteiger partial charge in [0.05, 0.1) is 6.61 Å². The lowest BCUT2D eigenvalue weighted by atomic mass is 9.92. The number of likely N-dealkylation sites (tertiary alicyclic amines) is 1. The Labute approximate surface area is 127 Å². The average Bonchev–Trinajstić information content (AvgIpc) is 2.45. The molecule has 4 nitrogen and oxygen atoms in total. The minimum absolute atomic E-state index is 0.0422. The molecule has 1 heterocycles. The second kappa shape index (κ2) is 7.46. The van der Waals surface area contributed by atoms with Crippen LogP contribution in [0.1, 0.15) is 31.4 Å². The maximum absolute atomic E-state index is 12.3. The van der Waals surface area contributed by atoms with E-state index in [0.29, 0.717) is 25.0 Å². The molecule has 2 unspecified atom stereocenters. The van der Waals surface area contributed by atoms with Crippen molar-refractivity contribution < 1.29 is 9.53 Å². The molecule has 2 amide bonds. The fourth-order valence-corrected chi connectivity index (χ4v) is 3.14. The molecule has 0 spiro atoms. The molecule has 2 atom stereocenters. The highest BCUT2D eigenvalue weighted by molar-refractivity contribution is 5.74. The highest BCUT2D eigenvalue weighted by atomic mass is 16.5. The zero-order chi connectivity index (χ0) is 15.2. The summed E-state index contributed by atoms with van der Waals surface area (Å²) in [6.45, 7) is 7.26. The van der Waals surface area contributed by atoms with Crippen molar-refractivity contribution in [1.29, 1.82) is 0 Å². The summed E-state index contributed by atoms with van der Waals surface area (Å²) in [7, 11) is 1.69. The zero-order valence-corrected chi connectivity index (χ0v) is 13.3. The van der Waals surface area contributed by atoms with E-state index in [4.69, 9.17) is 4.74 Å². The van der Waals surface area contributed by atoms with Crippen molar-refractivity contribution in [2.45, 2.75) is 33.4 Å². The maximum atomic E-state index is 12.3. The second-order valence-corrected chi connectivity index (χ2v) is 6.21. The average molecular weight is 290 g/mol. The Morgan fingerprint density at radius 1 is 1.24 bits per heavy atom. The Hall–Kier alpha value is -1.55. The Balaban J connectivity index is 1.92. The molecular weight excluding hydrogens is 264 g/mol. The molecule has 1 saturated heterocycles. The van der Waals surface area contributed by atoms with Crippen LogP contribution in [-0.2, 0) is 17.9 Å². The molecule has 0 radical (unpaired) electrons. The molecule has 116 valence electrons. The Kier molecular flexibility index (Phi) is 5.62. The number of ether oxygens (including phenoxy) is 1. The van der Waals surface area contributed by atoms with Crippen molar-refractivity contribution in [2.24, 2.45) is 11.8 Å². The van der Waals surface area contributed by atoms with E-state index < -0.39 is 0 Å². The molecule has 2 rings (SSSR count). The maximum Gasteiger partial charge on any atom is 0.317 e. The van der Waals surface area contributed by atoms with Crippen molar-refractivity contribution in [2.75, 3.05) is 20.2 Å². The molecule has 1 fully saturated rings. The summed E-state index contributed by atoms with van der Waals surface area (Å²) in [4.78, 5) is 14.3. The molecule has 0 aliphatic carbocycles. The van der Waals surface area contributed by atoms with Crippen molar-refractivity contribution in [3.8, 4) is 0 Å². The third kappa shape index (κ3) is 4.46. The fraction of sp³-hybridized carbons (Fsp3) is 0.588. The van der Waals surface area contributed by atoms with Crippen molar-refractivity contribution in [1.82, 2.24) is 10.2 Å². The van der Waals surface area contributed by atoms with Crippen LogP contribution in [-0.4, -0.2) is 31.1 Å². The molecule has 1 N–H and O–H groups in total. The molecule has 21 heavy (non-hydrogen) atoms. The quantitative estimate of drug-likeness (QED) is 0.926. The van der Waals surface area contributed by atoms with Crippen molar-refractivity contribution in [3.05, 3.63) is 35.4 Å². The number of rotatable bonds is 4. The van der Waals surface area contributed by atoms with E-state index in [9.17, 15) is 4.79 Å². The van der Waals surface area contributed by atoms with E-state index in [0.717, 1.165) is 24.2 Å². The first-order valence-corrected chi connectivity index (χ1v) is 7.68. The van der Waals surface area contributed by atoms with Crippen LogP contribution in [0.3, 0.4) is 0 Å². The number of amides is 2. The van der Waals surface area contributed by atoms with Gasteiger partial charge in [0.2, 0.25) is 0 Å². The van der Waals surface area contributed by atoms with Gasteiger partial charge in [-0.25, -0.2) is 4.79 Å². The largest absolute Gasteiger partial charge is 0.380 e. The molecule has 1 aliphatic rings. The Bertz CT molecular complexity index is 466. The minimum Gasteiger partial charge on any atom is -0.380 e. The number of piperidine rings is 1. The summed E-state index contributed by atoms with van der Waals surface area (Å²) in [5.74, 6) is 1.17. The molecule has 1 aliphatic heterocycles. The van der Waals surface area contributed by atoms with E-state index in [1.165, 1.54) is 6.42 Å². The van der Waals surface area contributed by atoms with E-state index in [1.54, 1.807) is 7.11 Å². The lowest BCUT2D eigenvalue weighted by molar-refractivity contribution is 0.145. The van der Waals surface area contributed by atoms with Gasteiger partial charge in [0.1, 0.15) is 0 Å². The molecule has 0 saturated carbocycles. The highest BCUT2D eigenvalue weighted by Gasteiger charge is 2.25. The van der Waals surface area contributed by atoms with Gasteiger partial charge in [0.25, 0.3) is 0 Å². The molecule has 1 aromatic rings. The summed E-state index contributed by atoms with van der Waals surface area (Å²) >= 11 is 0. The lowest BCUT2D eigenvalue weighted by Gasteiger charge is -2.35. The van der Waals surface area contributed by atoms with E-state index in [-0.39, 0.29) is 6.03 Å². The topological polar surface area (TPSA) is 41.6 Å². The third-order valence-corrected chi connectivity index (χ3v) is 4.00. The first-order chi connectivity index (χ1) is 10.1. The zero-order valence-electron chi connectivity index (χ0n) is 13.3. The predicted octanol–water partition coefficient (Wildman–Crippen LogP) is 3.02. The van der Waals surface area contributed by atoms with Gasteiger partial charge in [-0.15, -0.1) is 0 Å². The molecule has 1 aromatic carbocycles. The number of hydrogen-bond acceptors (Lipinski definition) is 2. The van der Waals surface area contributed by atoms with Crippen LogP contribution in [0.5, 0.6) is 0 Å². The van der Waals surface area contributed by atoms with Crippen LogP contribution in [0, 0.1) is 11.8 Å². The van der Waals surface area contributed by atoms with Crippen LogP contribution in [0.2, 0.25) is 0 Å². The number of carbonyl (C=O) groups excluding carboxylic acids is 1. The third-order valence-electron chi connectivity index (χ3n) is 4.00. The number of hydrogen-bond donors (Lipinski definition) is 1. The first kappa shape index (κ1) is 15.8. The van der Waals surface area contributed by atoms with Gasteiger partial charge in [0, 0.05) is 26.7 Å². The van der Waals surface area contributed by atoms with Crippen LogP contribution in [0.15, 0.2) is 24.3 Å². The number of urea groups is 1. The van der Waals surface area contributed by atoms with Crippen LogP contribution in [0.4, 0.5) is 4.79 Å². The number of benzene rings is 1. The second-order valence-electron chi connectivity index (χ2n) is 6.21. The summed E-state index contributed by atoms with van der Waals surface area (Å²) in [5, 5.41) is 3.04. The monoisotopic (exact) mass is 290 g/mol. The molecule has 0 aromatic heterocycles. The normalized spacial score (nSPS) is 22.1. The first-order valence-electron chi connectivity index (χ1n) is 7.68. The smallest absolute Gasteiger partial charge is 0.317 e. The number of carbonyl (C=O) groups is 1. The summed E-state index contributed by atoms with van der Waals surface area (Å²) < 4.78 is 5.20. The highest BCUT2D eigenvalue weighted by Crippen LogP contribution is 2.21. The van der Waals surface area contributed by atoms with Gasteiger partial charge in [-0.3, -0.25) is 0 Å². The molecule has 0 bridgehead atoms. The van der Waals surface area contributed by atoms with Gasteiger partial charge in [0.15, 0.2) is 0 Å². The molecular formula is C17H26N2O2. The van der Waals surface area contributed by atoms with Crippen LogP contribution >= 0.6 is 0 Å². The van der Waals surface area contributed by atoms with Crippen LogP contribution < -0.4 is 5.32 Å². The minimum atomic E-state index is 0.0422. The SMILES string of the molecule is COCc1ccccc1CNC(=O)N1CC(C)CC(C)C1. The lowest BCUT2D eigenvalue weighted by Crippen LogP contribution is -2.47. The predicted molar refractivity (Wildman–Crippen MR) is 83.9 cm³/mol. The van der Waals surface area contributed by atoms with E-state index in [1.807, 2.05) is 29.2 Å². The summed E-state index contributed by atoms with van der Waals surface area (Å²) in [6.07, 6.45) is 1.21. The van der Waals surface area contributed by atoms with Crippen molar-refractivity contribution >= 4 is 6.03 Å². The van der Waals surface area contributed by atoms with Gasteiger partial charge >= 0.3 is 6.03 Å². The van der Waals surface area contributed by atoms with Gasteiger partial charge in [-0.1, -0.05) is 38.1 Å². The number of nitrogens with zero attached hydrogens (tertiary/aromatic N) is 1. The van der Waals surface area contributed by atoms with Gasteiger partial charge < -0.3 is 15.0 Å².